The highest BCUT2D eigenvalue weighted by Gasteiger charge is 2.23. The van der Waals surface area contributed by atoms with Crippen molar-refractivity contribution in [2.24, 2.45) is 0 Å². The normalized spacial score (nSPS) is 19.8. The summed E-state index contributed by atoms with van der Waals surface area (Å²) in [5, 5.41) is 7.05. The molecule has 1 aliphatic rings. The first-order chi connectivity index (χ1) is 10.3. The van der Waals surface area contributed by atoms with E-state index in [1.807, 2.05) is 13.0 Å². The average Bonchev–Trinajstić information content (AvgIpc) is 3.01. The zero-order valence-electron chi connectivity index (χ0n) is 12.3. The van der Waals surface area contributed by atoms with Gasteiger partial charge in [-0.2, -0.15) is 5.10 Å². The number of hydrogen-bond donors (Lipinski definition) is 1. The fraction of sp³-hybridized carbons (Fsp3) is 0.533. The van der Waals surface area contributed by atoms with Gasteiger partial charge in [0.25, 0.3) is 0 Å². The lowest BCUT2D eigenvalue weighted by Gasteiger charge is -2.35. The molecule has 0 aliphatic carbocycles. The fourth-order valence-electron chi connectivity index (χ4n) is 2.74. The maximum absolute atomic E-state index is 5.65. The predicted octanol–water partition coefficient (Wildman–Crippen LogP) is 1.34. The third kappa shape index (κ3) is 3.65. The number of nitrogens with zero attached hydrogens (tertiary/aromatic N) is 4. The summed E-state index contributed by atoms with van der Waals surface area (Å²) in [4.78, 5) is 11.2. The highest BCUT2D eigenvalue weighted by Crippen LogP contribution is 2.16. The summed E-state index contributed by atoms with van der Waals surface area (Å²) in [6.45, 7) is 5.46. The summed E-state index contributed by atoms with van der Waals surface area (Å²) in [5.41, 5.74) is 3.26. The van der Waals surface area contributed by atoms with E-state index in [-0.39, 0.29) is 0 Å². The molecule has 21 heavy (non-hydrogen) atoms. The molecule has 1 saturated heterocycles. The molecular weight excluding hydrogens is 266 g/mol. The summed E-state index contributed by atoms with van der Waals surface area (Å²) in [7, 11) is 0. The lowest BCUT2D eigenvalue weighted by molar-refractivity contribution is -0.0149. The van der Waals surface area contributed by atoms with Crippen LogP contribution in [0.3, 0.4) is 0 Å². The van der Waals surface area contributed by atoms with Crippen LogP contribution in [-0.2, 0) is 17.7 Å². The SMILES string of the molecule is Cc1nccnc1CC[C@H]1COCCN1Cc1ccn[nH]1. The molecule has 2 aromatic rings. The Bertz CT molecular complexity index is 557. The Balaban J connectivity index is 1.60. The first-order valence-corrected chi connectivity index (χ1v) is 7.39. The Morgan fingerprint density at radius 3 is 3.05 bits per heavy atom. The summed E-state index contributed by atoms with van der Waals surface area (Å²) in [5.74, 6) is 0. The maximum atomic E-state index is 5.65. The van der Waals surface area contributed by atoms with Gasteiger partial charge in [-0.15, -0.1) is 0 Å². The fourth-order valence-corrected chi connectivity index (χ4v) is 2.74. The molecule has 1 atom stereocenters. The van der Waals surface area contributed by atoms with Gasteiger partial charge in [0, 0.05) is 43.4 Å². The van der Waals surface area contributed by atoms with Crippen molar-refractivity contribution in [1.29, 1.82) is 0 Å². The zero-order valence-corrected chi connectivity index (χ0v) is 12.3. The lowest BCUT2D eigenvalue weighted by atomic mass is 10.1. The molecule has 0 unspecified atom stereocenters. The van der Waals surface area contributed by atoms with Crippen LogP contribution in [0.15, 0.2) is 24.7 Å². The van der Waals surface area contributed by atoms with Crippen LogP contribution in [-0.4, -0.2) is 50.9 Å². The van der Waals surface area contributed by atoms with Gasteiger partial charge in [0.15, 0.2) is 0 Å². The predicted molar refractivity (Wildman–Crippen MR) is 78.7 cm³/mol. The molecule has 0 radical (unpaired) electrons. The maximum Gasteiger partial charge on any atom is 0.0622 e. The van der Waals surface area contributed by atoms with Gasteiger partial charge in [-0.1, -0.05) is 0 Å². The van der Waals surface area contributed by atoms with Gasteiger partial charge in [-0.25, -0.2) is 0 Å². The number of aromatic nitrogens is 4. The van der Waals surface area contributed by atoms with E-state index >= 15 is 0 Å². The molecule has 0 saturated carbocycles. The smallest absolute Gasteiger partial charge is 0.0622 e. The monoisotopic (exact) mass is 287 g/mol. The average molecular weight is 287 g/mol. The van der Waals surface area contributed by atoms with Crippen molar-refractivity contribution in [2.75, 3.05) is 19.8 Å². The van der Waals surface area contributed by atoms with Crippen molar-refractivity contribution < 1.29 is 4.74 Å². The van der Waals surface area contributed by atoms with Crippen LogP contribution in [0.5, 0.6) is 0 Å². The van der Waals surface area contributed by atoms with Crippen molar-refractivity contribution in [3.63, 3.8) is 0 Å². The first kappa shape index (κ1) is 14.2. The Labute approximate surface area is 124 Å². The second-order valence-corrected chi connectivity index (χ2v) is 5.41. The topological polar surface area (TPSA) is 66.9 Å². The van der Waals surface area contributed by atoms with Crippen molar-refractivity contribution in [1.82, 2.24) is 25.1 Å². The number of rotatable bonds is 5. The molecule has 0 bridgehead atoms. The van der Waals surface area contributed by atoms with Crippen LogP contribution >= 0.6 is 0 Å². The van der Waals surface area contributed by atoms with Crippen LogP contribution in [0.1, 0.15) is 23.5 Å². The zero-order chi connectivity index (χ0) is 14.5. The Morgan fingerprint density at radius 2 is 2.24 bits per heavy atom. The minimum atomic E-state index is 0.420. The van der Waals surface area contributed by atoms with Crippen LogP contribution in [0, 0.1) is 6.92 Å². The molecule has 1 fully saturated rings. The molecule has 1 aliphatic heterocycles. The van der Waals surface area contributed by atoms with E-state index in [1.165, 1.54) is 0 Å². The molecule has 6 nitrogen and oxygen atoms in total. The molecule has 3 heterocycles. The van der Waals surface area contributed by atoms with Crippen molar-refractivity contribution in [2.45, 2.75) is 32.4 Å². The second-order valence-electron chi connectivity index (χ2n) is 5.41. The summed E-state index contributed by atoms with van der Waals surface area (Å²) < 4.78 is 5.65. The van der Waals surface area contributed by atoms with Gasteiger partial charge < -0.3 is 4.74 Å². The molecule has 0 aromatic carbocycles. The van der Waals surface area contributed by atoms with Crippen molar-refractivity contribution >= 4 is 0 Å². The van der Waals surface area contributed by atoms with Gasteiger partial charge in [0.1, 0.15) is 0 Å². The molecule has 6 heteroatoms. The van der Waals surface area contributed by atoms with Gasteiger partial charge in [0.05, 0.1) is 24.6 Å². The first-order valence-electron chi connectivity index (χ1n) is 7.39. The van der Waals surface area contributed by atoms with Gasteiger partial charge in [0.2, 0.25) is 0 Å². The van der Waals surface area contributed by atoms with Crippen LogP contribution < -0.4 is 0 Å². The van der Waals surface area contributed by atoms with Gasteiger partial charge in [-0.05, 0) is 25.8 Å². The lowest BCUT2D eigenvalue weighted by Crippen LogP contribution is -2.45. The van der Waals surface area contributed by atoms with E-state index < -0.39 is 0 Å². The molecule has 1 N–H and O–H groups in total. The number of aromatic amines is 1. The Kier molecular flexibility index (Phi) is 4.57. The van der Waals surface area contributed by atoms with Crippen molar-refractivity contribution in [3.05, 3.63) is 41.7 Å². The van der Waals surface area contributed by atoms with E-state index in [0.29, 0.717) is 6.04 Å². The molecular formula is C15H21N5O. The van der Waals surface area contributed by atoms with Crippen molar-refractivity contribution in [3.8, 4) is 0 Å². The van der Waals surface area contributed by atoms with Gasteiger partial charge >= 0.3 is 0 Å². The summed E-state index contributed by atoms with van der Waals surface area (Å²) >= 11 is 0. The standard InChI is InChI=1S/C15H21N5O/c1-12-15(17-7-6-16-12)3-2-14-11-21-9-8-20(14)10-13-4-5-18-19-13/h4-7,14H,2-3,8-11H2,1H3,(H,18,19)/t14-/m0/s1. The minimum Gasteiger partial charge on any atom is -0.378 e. The second kappa shape index (κ2) is 6.78. The molecule has 2 aromatic heterocycles. The van der Waals surface area contributed by atoms with E-state index in [9.17, 15) is 0 Å². The number of hydrogen-bond acceptors (Lipinski definition) is 5. The highest BCUT2D eigenvalue weighted by molar-refractivity contribution is 5.08. The highest BCUT2D eigenvalue weighted by atomic mass is 16.5. The van der Waals surface area contributed by atoms with E-state index in [4.69, 9.17) is 4.74 Å². The molecule has 0 amide bonds. The van der Waals surface area contributed by atoms with Crippen LogP contribution in [0.25, 0.3) is 0 Å². The van der Waals surface area contributed by atoms with Crippen LogP contribution in [0.4, 0.5) is 0 Å². The quantitative estimate of drug-likeness (QED) is 0.899. The third-order valence-corrected chi connectivity index (χ3v) is 3.98. The van der Waals surface area contributed by atoms with Gasteiger partial charge in [-0.3, -0.25) is 20.0 Å². The van der Waals surface area contributed by atoms with E-state index in [0.717, 1.165) is 56.2 Å². The number of H-pyrrole nitrogens is 1. The van der Waals surface area contributed by atoms with Crippen LogP contribution in [0.2, 0.25) is 0 Å². The number of ether oxygens (including phenoxy) is 1. The largest absolute Gasteiger partial charge is 0.378 e. The number of morpholine rings is 1. The third-order valence-electron chi connectivity index (χ3n) is 3.98. The molecule has 3 rings (SSSR count). The summed E-state index contributed by atoms with van der Waals surface area (Å²) in [6, 6.07) is 2.45. The molecule has 0 spiro atoms. The summed E-state index contributed by atoms with van der Waals surface area (Å²) in [6.07, 6.45) is 7.28. The molecule has 112 valence electrons. The Morgan fingerprint density at radius 1 is 1.33 bits per heavy atom. The number of nitrogens with one attached hydrogen (secondary N) is 1. The minimum absolute atomic E-state index is 0.420. The number of aryl methyl sites for hydroxylation is 2. The van der Waals surface area contributed by atoms with E-state index in [2.05, 4.69) is 25.1 Å². The Hall–Kier alpha value is -1.79. The van der Waals surface area contributed by atoms with E-state index in [1.54, 1.807) is 18.6 Å².